The molecule has 1 rings (SSSR count). The van der Waals surface area contributed by atoms with Crippen LogP contribution >= 0.6 is 0 Å². The monoisotopic (exact) mass is 218 g/mol. The Balaban J connectivity index is 2.49. The first-order valence-corrected chi connectivity index (χ1v) is 7.12. The topological polar surface area (TPSA) is 24.9 Å². The van der Waals surface area contributed by atoms with Gasteiger partial charge in [-0.2, -0.15) is 0 Å². The van der Waals surface area contributed by atoms with Crippen LogP contribution in [0, 0.1) is 0 Å². The molecule has 0 aliphatic carbocycles. The fraction of sp³-hybridized carbons (Fsp3) is 1.00. The van der Waals surface area contributed by atoms with Crippen molar-refractivity contribution in [2.24, 2.45) is 0 Å². The number of hydrogen-bond donors (Lipinski definition) is 0. The van der Waals surface area contributed by atoms with E-state index in [-0.39, 0.29) is 0 Å². The molecule has 0 amide bonds. The standard InChI is InChI=1S/C9H22N2O2Si/c1-10(2)7-8-11-6-5-9-14(11,12-3)13-4/h5-9H2,1-4H3. The van der Waals surface area contributed by atoms with Crippen molar-refractivity contribution >= 4 is 8.72 Å². The van der Waals surface area contributed by atoms with Crippen LogP contribution in [0.5, 0.6) is 0 Å². The molecule has 0 aromatic heterocycles. The molecule has 0 aromatic rings. The summed E-state index contributed by atoms with van der Waals surface area (Å²) in [6.45, 7) is 3.25. The first-order chi connectivity index (χ1) is 6.64. The van der Waals surface area contributed by atoms with Crippen molar-refractivity contribution in [3.8, 4) is 0 Å². The highest BCUT2D eigenvalue weighted by molar-refractivity contribution is 6.65. The summed E-state index contributed by atoms with van der Waals surface area (Å²) >= 11 is 0. The molecule has 0 saturated carbocycles. The lowest BCUT2D eigenvalue weighted by molar-refractivity contribution is 0.176. The molecule has 1 fully saturated rings. The van der Waals surface area contributed by atoms with Gasteiger partial charge in [0.05, 0.1) is 0 Å². The van der Waals surface area contributed by atoms with E-state index in [1.165, 1.54) is 6.42 Å². The van der Waals surface area contributed by atoms with Crippen LogP contribution in [0.15, 0.2) is 0 Å². The van der Waals surface area contributed by atoms with Gasteiger partial charge in [0.25, 0.3) is 0 Å². The van der Waals surface area contributed by atoms with Crippen LogP contribution in [0.3, 0.4) is 0 Å². The van der Waals surface area contributed by atoms with E-state index >= 15 is 0 Å². The third kappa shape index (κ3) is 2.55. The summed E-state index contributed by atoms with van der Waals surface area (Å²) in [5.74, 6) is 0. The molecule has 1 aliphatic rings. The van der Waals surface area contributed by atoms with Gasteiger partial charge < -0.3 is 13.8 Å². The lowest BCUT2D eigenvalue weighted by Gasteiger charge is -2.32. The largest absolute Gasteiger partial charge is 0.427 e. The minimum Gasteiger partial charge on any atom is -0.386 e. The van der Waals surface area contributed by atoms with Gasteiger partial charge in [0, 0.05) is 33.4 Å². The lowest BCUT2D eigenvalue weighted by atomic mass is 10.4. The van der Waals surface area contributed by atoms with E-state index < -0.39 is 8.72 Å². The number of likely N-dealkylation sites (N-methyl/N-ethyl adjacent to an activating group) is 1. The van der Waals surface area contributed by atoms with Crippen LogP contribution in [-0.4, -0.2) is 66.1 Å². The maximum absolute atomic E-state index is 5.62. The van der Waals surface area contributed by atoms with Gasteiger partial charge in [-0.3, -0.25) is 4.57 Å². The predicted octanol–water partition coefficient (Wildman–Crippen LogP) is 0.485. The summed E-state index contributed by atoms with van der Waals surface area (Å²) < 4.78 is 13.6. The molecular formula is C9H22N2O2Si. The third-order valence-electron chi connectivity index (χ3n) is 2.86. The van der Waals surface area contributed by atoms with Gasteiger partial charge >= 0.3 is 8.72 Å². The second-order valence-corrected chi connectivity index (χ2v) is 7.39. The minimum absolute atomic E-state index is 1.06. The predicted molar refractivity (Wildman–Crippen MR) is 59.3 cm³/mol. The van der Waals surface area contributed by atoms with Crippen LogP contribution < -0.4 is 0 Å². The minimum atomic E-state index is -1.97. The van der Waals surface area contributed by atoms with Crippen molar-refractivity contribution in [3.05, 3.63) is 0 Å². The molecule has 4 nitrogen and oxygen atoms in total. The molecule has 1 heterocycles. The zero-order chi connectivity index (χ0) is 10.6. The van der Waals surface area contributed by atoms with Crippen LogP contribution in [-0.2, 0) is 8.85 Å². The molecule has 0 aromatic carbocycles. The molecule has 14 heavy (non-hydrogen) atoms. The van der Waals surface area contributed by atoms with Gasteiger partial charge in [0.1, 0.15) is 0 Å². The number of nitrogens with zero attached hydrogens (tertiary/aromatic N) is 2. The van der Waals surface area contributed by atoms with Gasteiger partial charge in [-0.15, -0.1) is 0 Å². The van der Waals surface area contributed by atoms with Crippen molar-refractivity contribution in [1.29, 1.82) is 0 Å². The van der Waals surface area contributed by atoms with Crippen LogP contribution in [0.4, 0.5) is 0 Å². The summed E-state index contributed by atoms with van der Waals surface area (Å²) in [7, 11) is 5.79. The van der Waals surface area contributed by atoms with E-state index in [1.54, 1.807) is 14.2 Å². The van der Waals surface area contributed by atoms with E-state index in [4.69, 9.17) is 8.85 Å². The van der Waals surface area contributed by atoms with Crippen molar-refractivity contribution in [2.75, 3.05) is 47.9 Å². The quantitative estimate of drug-likeness (QED) is 0.627. The molecule has 84 valence electrons. The van der Waals surface area contributed by atoms with E-state index in [0.29, 0.717) is 0 Å². The van der Waals surface area contributed by atoms with Gasteiger partial charge in [-0.1, -0.05) is 0 Å². The fourth-order valence-corrected chi connectivity index (χ4v) is 4.92. The second kappa shape index (κ2) is 5.23. The Labute approximate surface area is 88.1 Å². The summed E-state index contributed by atoms with van der Waals surface area (Å²) in [6.07, 6.45) is 1.21. The third-order valence-corrected chi connectivity index (χ3v) is 6.53. The average molecular weight is 218 g/mol. The van der Waals surface area contributed by atoms with Gasteiger partial charge in [-0.25, -0.2) is 0 Å². The summed E-state index contributed by atoms with van der Waals surface area (Å²) in [5.41, 5.74) is 0. The van der Waals surface area contributed by atoms with Crippen LogP contribution in [0.25, 0.3) is 0 Å². The molecule has 0 N–H and O–H groups in total. The average Bonchev–Trinajstić information content (AvgIpc) is 2.58. The Morgan fingerprint density at radius 3 is 2.43 bits per heavy atom. The highest BCUT2D eigenvalue weighted by Gasteiger charge is 2.46. The molecule has 1 saturated heterocycles. The first kappa shape index (κ1) is 12.1. The van der Waals surface area contributed by atoms with Gasteiger partial charge in [0.2, 0.25) is 0 Å². The van der Waals surface area contributed by atoms with E-state index in [0.717, 1.165) is 25.7 Å². The molecule has 1 aliphatic heterocycles. The summed E-state index contributed by atoms with van der Waals surface area (Å²) in [5, 5.41) is 0. The van der Waals surface area contributed by atoms with E-state index in [9.17, 15) is 0 Å². The lowest BCUT2D eigenvalue weighted by Crippen LogP contribution is -2.54. The van der Waals surface area contributed by atoms with Crippen LogP contribution in [0.1, 0.15) is 6.42 Å². The van der Waals surface area contributed by atoms with E-state index in [2.05, 4.69) is 23.6 Å². The van der Waals surface area contributed by atoms with Crippen molar-refractivity contribution in [3.63, 3.8) is 0 Å². The van der Waals surface area contributed by atoms with Crippen molar-refractivity contribution < 1.29 is 8.85 Å². The molecule has 0 unspecified atom stereocenters. The molecule has 0 radical (unpaired) electrons. The number of hydrogen-bond acceptors (Lipinski definition) is 4. The summed E-state index contributed by atoms with van der Waals surface area (Å²) in [4.78, 5) is 2.20. The Morgan fingerprint density at radius 2 is 1.93 bits per heavy atom. The fourth-order valence-electron chi connectivity index (χ4n) is 1.97. The maximum Gasteiger partial charge on any atom is 0.427 e. The Morgan fingerprint density at radius 1 is 1.29 bits per heavy atom. The maximum atomic E-state index is 5.62. The normalized spacial score (nSPS) is 22.1. The molecule has 0 bridgehead atoms. The van der Waals surface area contributed by atoms with Gasteiger partial charge in [0.15, 0.2) is 0 Å². The van der Waals surface area contributed by atoms with Crippen LogP contribution in [0.2, 0.25) is 6.04 Å². The second-order valence-electron chi connectivity index (χ2n) is 4.01. The molecule has 5 heteroatoms. The zero-order valence-corrected chi connectivity index (χ0v) is 10.7. The highest BCUT2D eigenvalue weighted by atomic mass is 28.4. The molecule has 0 spiro atoms. The Hall–Kier alpha value is 0.0569. The first-order valence-electron chi connectivity index (χ1n) is 5.15. The van der Waals surface area contributed by atoms with Crippen molar-refractivity contribution in [1.82, 2.24) is 9.47 Å². The summed E-state index contributed by atoms with van der Waals surface area (Å²) in [6, 6.07) is 1.10. The highest BCUT2D eigenvalue weighted by Crippen LogP contribution is 2.26. The molecule has 0 atom stereocenters. The Kier molecular flexibility index (Phi) is 4.53. The number of rotatable bonds is 5. The van der Waals surface area contributed by atoms with Gasteiger partial charge in [-0.05, 0) is 27.1 Å². The molecular weight excluding hydrogens is 196 g/mol. The van der Waals surface area contributed by atoms with Crippen molar-refractivity contribution in [2.45, 2.75) is 12.5 Å². The SMILES string of the molecule is CO[Si]1(OC)CCCN1CCN(C)C. The van der Waals surface area contributed by atoms with E-state index in [1.807, 2.05) is 0 Å². The Bertz CT molecular complexity index is 174. The zero-order valence-electron chi connectivity index (χ0n) is 9.75. The smallest absolute Gasteiger partial charge is 0.386 e.